The number of benzene rings is 1. The number of rotatable bonds is 7. The smallest absolute Gasteiger partial charge is 0.295 e. The van der Waals surface area contributed by atoms with Crippen LogP contribution in [0.25, 0.3) is 0 Å². The maximum absolute atomic E-state index is 10.2. The molecule has 20 heavy (non-hydrogen) atoms. The fourth-order valence-electron chi connectivity index (χ4n) is 1.89. The number of aliphatic hydroxyl groups excluding tert-OH is 2. The molecule has 0 aromatic heterocycles. The normalized spacial score (nSPS) is 12.8. The summed E-state index contributed by atoms with van der Waals surface area (Å²) in [6, 6.07) is 7.54. The van der Waals surface area contributed by atoms with Crippen LogP contribution >= 0.6 is 0 Å². The van der Waals surface area contributed by atoms with Crippen molar-refractivity contribution >= 4 is 6.47 Å². The molecule has 1 aromatic carbocycles. The number of aliphatic hydroxyl groups is 2. The number of ether oxygens (including phenoxy) is 2. The van der Waals surface area contributed by atoms with Gasteiger partial charge in [0.25, 0.3) is 6.47 Å². The van der Waals surface area contributed by atoms with E-state index in [0.717, 1.165) is 24.0 Å². The second kappa shape index (κ2) is 11.4. The monoisotopic (exact) mass is 284 g/mol. The van der Waals surface area contributed by atoms with Crippen molar-refractivity contribution in [2.75, 3.05) is 20.8 Å². The van der Waals surface area contributed by atoms with Crippen LogP contribution in [0.3, 0.4) is 0 Å². The highest BCUT2D eigenvalue weighted by Crippen LogP contribution is 2.24. The minimum absolute atomic E-state index is 0.190. The van der Waals surface area contributed by atoms with Crippen molar-refractivity contribution in [1.29, 1.82) is 0 Å². The summed E-state index contributed by atoms with van der Waals surface area (Å²) in [7, 11) is 3.25. The minimum atomic E-state index is -1.31. The van der Waals surface area contributed by atoms with Crippen LogP contribution in [0, 0.1) is 0 Å². The van der Waals surface area contributed by atoms with E-state index in [4.69, 9.17) is 0 Å². The van der Waals surface area contributed by atoms with E-state index in [1.807, 2.05) is 24.3 Å². The first-order valence-corrected chi connectivity index (χ1v) is 6.52. The van der Waals surface area contributed by atoms with E-state index in [2.05, 4.69) is 16.4 Å². The lowest BCUT2D eigenvalue weighted by molar-refractivity contribution is -0.157. The number of methoxy groups -OCH3 is 1. The average molecular weight is 284 g/mol. The highest BCUT2D eigenvalue weighted by molar-refractivity contribution is 5.38. The molecule has 5 heteroatoms. The number of carbonyl (C=O) groups excluding carboxylic acids is 1. The van der Waals surface area contributed by atoms with Crippen LogP contribution in [0.2, 0.25) is 0 Å². The largest absolute Gasteiger partial charge is 0.437 e. The predicted molar refractivity (Wildman–Crippen MR) is 76.4 cm³/mol. The molecule has 1 rings (SSSR count). The van der Waals surface area contributed by atoms with Crippen molar-refractivity contribution in [1.82, 2.24) is 0 Å². The minimum Gasteiger partial charge on any atom is -0.437 e. The quantitative estimate of drug-likeness (QED) is 0.586. The average Bonchev–Trinajstić information content (AvgIpc) is 2.43. The van der Waals surface area contributed by atoms with E-state index >= 15 is 0 Å². The van der Waals surface area contributed by atoms with Crippen molar-refractivity contribution in [3.05, 3.63) is 35.4 Å². The van der Waals surface area contributed by atoms with Crippen LogP contribution in [0.5, 0.6) is 0 Å². The molecule has 0 saturated carbocycles. The Hall–Kier alpha value is -1.43. The fourth-order valence-corrected chi connectivity index (χ4v) is 1.89. The first-order valence-electron chi connectivity index (χ1n) is 6.52. The van der Waals surface area contributed by atoms with Crippen LogP contribution in [-0.2, 0) is 20.7 Å². The van der Waals surface area contributed by atoms with E-state index in [0.29, 0.717) is 0 Å². The zero-order valence-corrected chi connectivity index (χ0v) is 12.3. The summed E-state index contributed by atoms with van der Waals surface area (Å²) in [5, 5.41) is 19.0. The van der Waals surface area contributed by atoms with Crippen molar-refractivity contribution in [3.63, 3.8) is 0 Å². The zero-order chi connectivity index (χ0) is 15.4. The van der Waals surface area contributed by atoms with E-state index in [9.17, 15) is 15.0 Å². The van der Waals surface area contributed by atoms with Crippen molar-refractivity contribution in [2.24, 2.45) is 0 Å². The van der Waals surface area contributed by atoms with Gasteiger partial charge in [0.2, 0.25) is 6.29 Å². The molecular weight excluding hydrogens is 260 g/mol. The van der Waals surface area contributed by atoms with Gasteiger partial charge >= 0.3 is 0 Å². The second-order valence-electron chi connectivity index (χ2n) is 4.27. The molecule has 5 nitrogen and oxygen atoms in total. The molecule has 0 fully saturated rings. The number of aryl methyl sites for hydroxylation is 1. The van der Waals surface area contributed by atoms with Gasteiger partial charge in [0, 0.05) is 14.2 Å². The molecule has 0 saturated heterocycles. The summed E-state index contributed by atoms with van der Waals surface area (Å²) in [4.78, 5) is 10.2. The van der Waals surface area contributed by atoms with Gasteiger partial charge in [-0.3, -0.25) is 4.79 Å². The molecule has 0 aliphatic heterocycles. The summed E-state index contributed by atoms with van der Waals surface area (Å²) >= 11 is 0. The number of hydrogen-bond acceptors (Lipinski definition) is 5. The standard InChI is InChI=1S/C13H18O4.C2H6O/c1-2-5-10-6-3-4-7-11(10)12(8-14)13(16)17-9-15;1-3-2/h3-4,6-7,9,12-14,16H,2,5,8H2,1H3;1-2H3. The van der Waals surface area contributed by atoms with Crippen molar-refractivity contribution < 1.29 is 24.5 Å². The SMILES string of the molecule is CCCc1ccccc1C(CO)C(O)OC=O.COC. The van der Waals surface area contributed by atoms with Gasteiger partial charge in [0.1, 0.15) is 0 Å². The topological polar surface area (TPSA) is 76.0 Å². The van der Waals surface area contributed by atoms with Crippen LogP contribution < -0.4 is 0 Å². The van der Waals surface area contributed by atoms with Gasteiger partial charge < -0.3 is 19.7 Å². The van der Waals surface area contributed by atoms with E-state index < -0.39 is 12.2 Å². The maximum atomic E-state index is 10.2. The van der Waals surface area contributed by atoms with Gasteiger partial charge in [-0.1, -0.05) is 37.6 Å². The van der Waals surface area contributed by atoms with Crippen molar-refractivity contribution in [2.45, 2.75) is 32.0 Å². The maximum Gasteiger partial charge on any atom is 0.295 e. The van der Waals surface area contributed by atoms with Crippen molar-refractivity contribution in [3.8, 4) is 0 Å². The highest BCUT2D eigenvalue weighted by Gasteiger charge is 2.23. The van der Waals surface area contributed by atoms with Crippen LogP contribution in [-0.4, -0.2) is 43.8 Å². The zero-order valence-electron chi connectivity index (χ0n) is 12.3. The van der Waals surface area contributed by atoms with Gasteiger partial charge in [-0.05, 0) is 17.5 Å². The van der Waals surface area contributed by atoms with E-state index in [-0.39, 0.29) is 13.1 Å². The van der Waals surface area contributed by atoms with Gasteiger partial charge in [-0.2, -0.15) is 0 Å². The third kappa shape index (κ3) is 6.14. The first kappa shape index (κ1) is 18.6. The Morgan fingerprint density at radius 2 is 1.90 bits per heavy atom. The molecule has 0 aliphatic rings. The molecule has 114 valence electrons. The Bertz CT molecular complexity index is 367. The summed E-state index contributed by atoms with van der Waals surface area (Å²) in [6.07, 6.45) is 0.524. The van der Waals surface area contributed by atoms with Crippen LogP contribution in [0.15, 0.2) is 24.3 Å². The number of carbonyl (C=O) groups is 1. The van der Waals surface area contributed by atoms with E-state index in [1.54, 1.807) is 14.2 Å². The molecule has 2 atom stereocenters. The predicted octanol–water partition coefficient (Wildman–Crippen LogP) is 1.47. The molecule has 0 radical (unpaired) electrons. The first-order chi connectivity index (χ1) is 9.65. The molecule has 0 spiro atoms. The molecule has 0 bridgehead atoms. The molecule has 2 N–H and O–H groups in total. The Morgan fingerprint density at radius 1 is 1.30 bits per heavy atom. The second-order valence-corrected chi connectivity index (χ2v) is 4.27. The Labute approximate surface area is 120 Å². The summed E-state index contributed by atoms with van der Waals surface area (Å²) in [5.41, 5.74) is 1.88. The Morgan fingerprint density at radius 3 is 2.40 bits per heavy atom. The Kier molecular flexibility index (Phi) is 10.6. The van der Waals surface area contributed by atoms with Gasteiger partial charge in [-0.25, -0.2) is 0 Å². The van der Waals surface area contributed by atoms with Crippen LogP contribution in [0.4, 0.5) is 0 Å². The molecular formula is C15H24O5. The summed E-state index contributed by atoms with van der Waals surface area (Å²) < 4.78 is 8.75. The Balaban J connectivity index is 0.00000110. The van der Waals surface area contributed by atoms with Gasteiger partial charge in [0.15, 0.2) is 0 Å². The third-order valence-corrected chi connectivity index (χ3v) is 2.71. The molecule has 2 unspecified atom stereocenters. The molecule has 0 heterocycles. The summed E-state index contributed by atoms with van der Waals surface area (Å²) in [6.45, 7) is 1.98. The number of hydrogen-bond donors (Lipinski definition) is 2. The highest BCUT2D eigenvalue weighted by atomic mass is 16.6. The van der Waals surface area contributed by atoms with E-state index in [1.165, 1.54) is 0 Å². The lowest BCUT2D eigenvalue weighted by Crippen LogP contribution is -2.25. The lowest BCUT2D eigenvalue weighted by atomic mass is 9.92. The fraction of sp³-hybridized carbons (Fsp3) is 0.533. The molecule has 1 aromatic rings. The van der Waals surface area contributed by atoms with Gasteiger partial charge in [-0.15, -0.1) is 0 Å². The summed E-state index contributed by atoms with van der Waals surface area (Å²) in [5.74, 6) is -0.594. The molecule has 0 aliphatic carbocycles. The third-order valence-electron chi connectivity index (χ3n) is 2.71. The lowest BCUT2D eigenvalue weighted by Gasteiger charge is -2.22. The van der Waals surface area contributed by atoms with Crippen LogP contribution in [0.1, 0.15) is 30.4 Å². The molecule has 0 amide bonds. The van der Waals surface area contributed by atoms with Gasteiger partial charge in [0.05, 0.1) is 12.5 Å².